The molecule has 0 atom stereocenters. The van der Waals surface area contributed by atoms with Gasteiger partial charge in [0.05, 0.1) is 0 Å². The molecule has 1 nitrogen and oxygen atoms in total. The third kappa shape index (κ3) is 2.98. The minimum absolute atomic E-state index is 0.208. The zero-order chi connectivity index (χ0) is 13.5. The summed E-state index contributed by atoms with van der Waals surface area (Å²) in [5.74, 6) is 0. The standard InChI is InChI=1S/C15H27NSi/c1-14(2,3)12-9-10-16-13(11-12)17(7,8)15(4,5)6/h9-11H,1-8H3. The number of hydrogen-bond acceptors (Lipinski definition) is 1. The molecule has 0 aliphatic rings. The third-order valence-corrected chi connectivity index (χ3v) is 9.45. The summed E-state index contributed by atoms with van der Waals surface area (Å²) in [5, 5.41) is 1.67. The first-order valence-corrected chi connectivity index (χ1v) is 9.43. The Kier molecular flexibility index (Phi) is 3.59. The van der Waals surface area contributed by atoms with E-state index < -0.39 is 8.07 Å². The maximum atomic E-state index is 4.65. The number of nitrogens with zero attached hydrogens (tertiary/aromatic N) is 1. The molecule has 0 bridgehead atoms. The normalized spacial score (nSPS) is 13.9. The van der Waals surface area contributed by atoms with Crippen LogP contribution < -0.4 is 5.32 Å². The summed E-state index contributed by atoms with van der Waals surface area (Å²) in [5.41, 5.74) is 1.60. The van der Waals surface area contributed by atoms with Crippen LogP contribution in [0.1, 0.15) is 47.1 Å². The quantitative estimate of drug-likeness (QED) is 0.683. The topological polar surface area (TPSA) is 12.9 Å². The molecule has 0 aliphatic carbocycles. The summed E-state index contributed by atoms with van der Waals surface area (Å²) in [7, 11) is -1.50. The van der Waals surface area contributed by atoms with Crippen molar-refractivity contribution in [1.29, 1.82) is 0 Å². The second kappa shape index (κ2) is 4.24. The highest BCUT2D eigenvalue weighted by Gasteiger charge is 2.38. The number of hydrogen-bond donors (Lipinski definition) is 0. The molecule has 1 aromatic rings. The second-order valence-electron chi connectivity index (χ2n) is 7.55. The van der Waals surface area contributed by atoms with Gasteiger partial charge in [-0.3, -0.25) is 4.98 Å². The van der Waals surface area contributed by atoms with Crippen molar-refractivity contribution >= 4 is 13.4 Å². The zero-order valence-electron chi connectivity index (χ0n) is 12.7. The molecule has 1 aromatic heterocycles. The molecule has 17 heavy (non-hydrogen) atoms. The lowest BCUT2D eigenvalue weighted by molar-refractivity contribution is 0.589. The third-order valence-electron chi connectivity index (χ3n) is 4.14. The summed E-state index contributed by atoms with van der Waals surface area (Å²) in [6.07, 6.45) is 1.98. The highest BCUT2D eigenvalue weighted by molar-refractivity contribution is 6.91. The molecule has 0 fully saturated rings. The van der Waals surface area contributed by atoms with Crippen LogP contribution in [0, 0.1) is 0 Å². The number of rotatable bonds is 1. The molecule has 2 heteroatoms. The lowest BCUT2D eigenvalue weighted by Gasteiger charge is -2.36. The number of aromatic nitrogens is 1. The van der Waals surface area contributed by atoms with E-state index in [1.807, 2.05) is 6.20 Å². The molecule has 1 heterocycles. The molecular formula is C15H27NSi. The van der Waals surface area contributed by atoms with Gasteiger partial charge in [-0.2, -0.15) is 0 Å². The summed E-state index contributed by atoms with van der Waals surface area (Å²) in [6.45, 7) is 18.6. The largest absolute Gasteiger partial charge is 0.266 e. The predicted octanol–water partition coefficient (Wildman–Crippen LogP) is 4.09. The minimum Gasteiger partial charge on any atom is -0.266 e. The van der Waals surface area contributed by atoms with Crippen LogP contribution in [0.4, 0.5) is 0 Å². The minimum atomic E-state index is -1.50. The maximum Gasteiger partial charge on any atom is 0.109 e. The first-order valence-electron chi connectivity index (χ1n) is 6.43. The van der Waals surface area contributed by atoms with Crippen molar-refractivity contribution in [1.82, 2.24) is 4.98 Å². The molecule has 0 radical (unpaired) electrons. The van der Waals surface area contributed by atoms with Crippen LogP contribution in [0.15, 0.2) is 18.3 Å². The van der Waals surface area contributed by atoms with Crippen LogP contribution in [0.2, 0.25) is 18.1 Å². The fourth-order valence-electron chi connectivity index (χ4n) is 1.62. The van der Waals surface area contributed by atoms with E-state index in [2.05, 4.69) is 71.8 Å². The fourth-order valence-corrected chi connectivity index (χ4v) is 3.31. The lowest BCUT2D eigenvalue weighted by atomic mass is 9.88. The van der Waals surface area contributed by atoms with E-state index >= 15 is 0 Å². The summed E-state index contributed by atoms with van der Waals surface area (Å²) in [4.78, 5) is 4.65. The fraction of sp³-hybridized carbons (Fsp3) is 0.667. The average Bonchev–Trinajstić information content (AvgIpc) is 2.15. The number of pyridine rings is 1. The molecule has 1 rings (SSSR count). The van der Waals surface area contributed by atoms with Gasteiger partial charge in [0.15, 0.2) is 0 Å². The van der Waals surface area contributed by atoms with Crippen LogP contribution in [0.3, 0.4) is 0 Å². The Hall–Kier alpha value is -0.633. The van der Waals surface area contributed by atoms with E-state index in [-0.39, 0.29) is 5.41 Å². The van der Waals surface area contributed by atoms with Gasteiger partial charge in [0, 0.05) is 11.5 Å². The van der Waals surface area contributed by atoms with Gasteiger partial charge in [-0.25, -0.2) is 0 Å². The van der Waals surface area contributed by atoms with E-state index in [9.17, 15) is 0 Å². The van der Waals surface area contributed by atoms with E-state index in [0.717, 1.165) is 0 Å². The molecule has 0 saturated heterocycles. The molecule has 0 saturated carbocycles. The second-order valence-corrected chi connectivity index (χ2v) is 12.8. The SMILES string of the molecule is CC(C)(C)c1ccnc([Si](C)(C)C(C)(C)C)c1. The monoisotopic (exact) mass is 249 g/mol. The Bertz CT molecular complexity index is 394. The van der Waals surface area contributed by atoms with Gasteiger partial charge in [-0.05, 0) is 28.1 Å². The first kappa shape index (κ1) is 14.4. The molecule has 0 spiro atoms. The molecule has 0 aliphatic heterocycles. The van der Waals surface area contributed by atoms with Gasteiger partial charge in [0.1, 0.15) is 8.07 Å². The Morgan fingerprint density at radius 1 is 1.00 bits per heavy atom. The van der Waals surface area contributed by atoms with Crippen molar-refractivity contribution < 1.29 is 0 Å². The van der Waals surface area contributed by atoms with Gasteiger partial charge in [0.25, 0.3) is 0 Å². The van der Waals surface area contributed by atoms with Gasteiger partial charge in [-0.1, -0.05) is 54.6 Å². The van der Waals surface area contributed by atoms with Gasteiger partial charge in [-0.15, -0.1) is 0 Å². The van der Waals surface area contributed by atoms with Crippen LogP contribution in [0.5, 0.6) is 0 Å². The van der Waals surface area contributed by atoms with E-state index in [1.54, 1.807) is 0 Å². The molecule has 0 unspecified atom stereocenters. The van der Waals surface area contributed by atoms with Crippen LogP contribution >= 0.6 is 0 Å². The van der Waals surface area contributed by atoms with E-state index in [4.69, 9.17) is 0 Å². The smallest absolute Gasteiger partial charge is 0.109 e. The van der Waals surface area contributed by atoms with E-state index in [0.29, 0.717) is 5.04 Å². The Balaban J connectivity index is 3.26. The summed E-state index contributed by atoms with van der Waals surface area (Å²) >= 11 is 0. The first-order chi connectivity index (χ1) is 7.46. The Morgan fingerprint density at radius 2 is 1.53 bits per heavy atom. The van der Waals surface area contributed by atoms with Gasteiger partial charge >= 0.3 is 0 Å². The average molecular weight is 249 g/mol. The zero-order valence-corrected chi connectivity index (χ0v) is 13.7. The van der Waals surface area contributed by atoms with Crippen LogP contribution in [-0.2, 0) is 5.41 Å². The highest BCUT2D eigenvalue weighted by atomic mass is 28.3. The Labute approximate surface area is 108 Å². The lowest BCUT2D eigenvalue weighted by Crippen LogP contribution is -2.51. The van der Waals surface area contributed by atoms with Crippen molar-refractivity contribution in [2.75, 3.05) is 0 Å². The molecule has 0 aromatic carbocycles. The van der Waals surface area contributed by atoms with Gasteiger partial charge in [0.2, 0.25) is 0 Å². The van der Waals surface area contributed by atoms with Crippen LogP contribution in [0.25, 0.3) is 0 Å². The van der Waals surface area contributed by atoms with Crippen molar-refractivity contribution in [3.05, 3.63) is 23.9 Å². The van der Waals surface area contributed by atoms with Crippen molar-refractivity contribution in [3.63, 3.8) is 0 Å². The van der Waals surface area contributed by atoms with Crippen molar-refractivity contribution in [3.8, 4) is 0 Å². The Morgan fingerprint density at radius 3 is 1.94 bits per heavy atom. The molecule has 0 N–H and O–H groups in total. The van der Waals surface area contributed by atoms with Crippen molar-refractivity contribution in [2.24, 2.45) is 0 Å². The van der Waals surface area contributed by atoms with Gasteiger partial charge < -0.3 is 0 Å². The molecule has 0 amide bonds. The van der Waals surface area contributed by atoms with Crippen molar-refractivity contribution in [2.45, 2.75) is 65.1 Å². The highest BCUT2D eigenvalue weighted by Crippen LogP contribution is 2.35. The van der Waals surface area contributed by atoms with E-state index in [1.165, 1.54) is 10.9 Å². The predicted molar refractivity (Wildman–Crippen MR) is 79.8 cm³/mol. The molecular weight excluding hydrogens is 222 g/mol. The maximum absolute atomic E-state index is 4.65. The molecule has 96 valence electrons. The summed E-state index contributed by atoms with van der Waals surface area (Å²) in [6, 6.07) is 4.48. The summed E-state index contributed by atoms with van der Waals surface area (Å²) < 4.78 is 0. The van der Waals surface area contributed by atoms with Crippen LogP contribution in [-0.4, -0.2) is 13.1 Å².